The first-order valence-electron chi connectivity index (χ1n) is 7.85. The zero-order chi connectivity index (χ0) is 18.0. The molecule has 1 atom stereocenters. The second-order valence-corrected chi connectivity index (χ2v) is 6.03. The Morgan fingerprint density at radius 1 is 1.28 bits per heavy atom. The van der Waals surface area contributed by atoms with Gasteiger partial charge in [-0.2, -0.15) is 0 Å². The van der Waals surface area contributed by atoms with Crippen molar-refractivity contribution in [1.29, 1.82) is 0 Å². The van der Waals surface area contributed by atoms with E-state index in [1.54, 1.807) is 24.4 Å². The molecule has 0 spiro atoms. The van der Waals surface area contributed by atoms with Gasteiger partial charge in [0.2, 0.25) is 0 Å². The second-order valence-electron chi connectivity index (χ2n) is 5.62. The van der Waals surface area contributed by atoms with E-state index in [1.807, 2.05) is 19.1 Å². The van der Waals surface area contributed by atoms with Crippen molar-refractivity contribution in [2.24, 2.45) is 10.7 Å². The van der Waals surface area contributed by atoms with Gasteiger partial charge in [-0.25, -0.2) is 4.39 Å². The zero-order valence-corrected chi connectivity index (χ0v) is 14.3. The fraction of sp³-hybridized carbons (Fsp3) is 0.158. The lowest BCUT2D eigenvalue weighted by molar-refractivity contribution is 0.470. The first kappa shape index (κ1) is 17.2. The highest BCUT2D eigenvalue weighted by molar-refractivity contribution is 6.31. The Morgan fingerprint density at radius 3 is 2.76 bits per heavy atom. The van der Waals surface area contributed by atoms with Crippen molar-refractivity contribution in [3.8, 4) is 5.75 Å². The summed E-state index contributed by atoms with van der Waals surface area (Å²) in [5, 5.41) is 11.7. The fourth-order valence-corrected chi connectivity index (χ4v) is 2.92. The number of benzene rings is 2. The molecule has 0 bridgehead atoms. The van der Waals surface area contributed by atoms with Gasteiger partial charge < -0.3 is 10.8 Å². The maximum Gasteiger partial charge on any atom is 0.147 e. The van der Waals surface area contributed by atoms with Gasteiger partial charge >= 0.3 is 0 Å². The number of fused-ring (bicyclic) bond motifs is 1. The minimum Gasteiger partial charge on any atom is -0.505 e. The van der Waals surface area contributed by atoms with Crippen LogP contribution in [0.5, 0.6) is 5.75 Å². The monoisotopic (exact) mass is 357 g/mol. The van der Waals surface area contributed by atoms with Crippen molar-refractivity contribution in [2.45, 2.75) is 19.4 Å². The van der Waals surface area contributed by atoms with Crippen LogP contribution in [0.3, 0.4) is 0 Å². The minimum atomic E-state index is -0.653. The lowest BCUT2D eigenvalue weighted by atomic mass is 9.96. The average Bonchev–Trinajstić information content (AvgIpc) is 2.61. The molecule has 0 fully saturated rings. The fourth-order valence-electron chi connectivity index (χ4n) is 2.65. The lowest BCUT2D eigenvalue weighted by Gasteiger charge is -2.18. The highest BCUT2D eigenvalue weighted by Gasteiger charge is 2.22. The predicted octanol–water partition coefficient (Wildman–Crippen LogP) is 4.59. The van der Waals surface area contributed by atoms with Crippen molar-refractivity contribution in [3.63, 3.8) is 0 Å². The summed E-state index contributed by atoms with van der Waals surface area (Å²) < 4.78 is 13.4. The number of aromatic hydroxyl groups is 1. The smallest absolute Gasteiger partial charge is 0.147 e. The molecule has 25 heavy (non-hydrogen) atoms. The number of aliphatic imine (C=N–C) groups is 1. The van der Waals surface area contributed by atoms with Crippen LogP contribution in [0.25, 0.3) is 10.9 Å². The Labute approximate surface area is 149 Å². The Morgan fingerprint density at radius 2 is 2.04 bits per heavy atom. The van der Waals surface area contributed by atoms with Crippen molar-refractivity contribution in [3.05, 3.63) is 70.6 Å². The summed E-state index contributed by atoms with van der Waals surface area (Å²) in [4.78, 5) is 8.72. The molecule has 0 aliphatic carbocycles. The molecular formula is C19H17ClFN3O. The molecule has 0 aliphatic heterocycles. The van der Waals surface area contributed by atoms with E-state index in [9.17, 15) is 9.50 Å². The normalized spacial score (nSPS) is 13.2. The van der Waals surface area contributed by atoms with Gasteiger partial charge in [-0.3, -0.25) is 9.98 Å². The van der Waals surface area contributed by atoms with Crippen molar-refractivity contribution in [1.82, 2.24) is 4.98 Å². The average molecular weight is 358 g/mol. The van der Waals surface area contributed by atoms with E-state index >= 15 is 0 Å². The predicted molar refractivity (Wildman–Crippen MR) is 98.6 cm³/mol. The third-order valence-electron chi connectivity index (χ3n) is 3.99. The van der Waals surface area contributed by atoms with E-state index in [0.29, 0.717) is 28.9 Å². The van der Waals surface area contributed by atoms with Gasteiger partial charge in [-0.1, -0.05) is 42.8 Å². The minimum absolute atomic E-state index is 0.0103. The summed E-state index contributed by atoms with van der Waals surface area (Å²) in [6.45, 7) is 1.88. The van der Waals surface area contributed by atoms with Crippen molar-refractivity contribution >= 4 is 28.3 Å². The lowest BCUT2D eigenvalue weighted by Crippen LogP contribution is -2.13. The van der Waals surface area contributed by atoms with Crippen LogP contribution < -0.4 is 5.73 Å². The summed E-state index contributed by atoms with van der Waals surface area (Å²) in [7, 11) is 0. The number of hydrogen-bond donors (Lipinski definition) is 2. The van der Waals surface area contributed by atoms with Gasteiger partial charge in [0.25, 0.3) is 0 Å². The first-order valence-corrected chi connectivity index (χ1v) is 8.22. The first-order chi connectivity index (χ1) is 12.0. The molecule has 128 valence electrons. The van der Waals surface area contributed by atoms with E-state index < -0.39 is 11.9 Å². The summed E-state index contributed by atoms with van der Waals surface area (Å²) in [5.74, 6) is -0.0219. The molecule has 0 saturated carbocycles. The van der Waals surface area contributed by atoms with E-state index in [2.05, 4.69) is 9.98 Å². The van der Waals surface area contributed by atoms with Gasteiger partial charge in [0.15, 0.2) is 0 Å². The Balaban J connectivity index is 2.23. The maximum atomic E-state index is 13.4. The molecule has 0 saturated heterocycles. The molecular weight excluding hydrogens is 341 g/mol. The van der Waals surface area contributed by atoms with Crippen LogP contribution in [0.2, 0.25) is 5.02 Å². The molecule has 4 nitrogen and oxygen atoms in total. The van der Waals surface area contributed by atoms with Crippen LogP contribution in [0.4, 0.5) is 4.39 Å². The molecule has 6 heteroatoms. The zero-order valence-electron chi connectivity index (χ0n) is 13.6. The highest BCUT2D eigenvalue weighted by Crippen LogP contribution is 2.39. The maximum absolute atomic E-state index is 13.4. The molecule has 3 aromatic rings. The van der Waals surface area contributed by atoms with Crippen molar-refractivity contribution < 1.29 is 9.50 Å². The third-order valence-corrected chi connectivity index (χ3v) is 4.32. The second kappa shape index (κ2) is 7.07. The Bertz CT molecular complexity index is 959. The summed E-state index contributed by atoms with van der Waals surface area (Å²) >= 11 is 6.22. The number of hydrogen-bond acceptors (Lipinski definition) is 3. The van der Waals surface area contributed by atoms with E-state index in [0.717, 1.165) is 5.39 Å². The molecule has 1 aromatic heterocycles. The number of amidine groups is 1. The van der Waals surface area contributed by atoms with Gasteiger partial charge in [0, 0.05) is 34.2 Å². The van der Waals surface area contributed by atoms with E-state index in [4.69, 9.17) is 17.3 Å². The standard InChI is InChI=1S/C19H17ClFN3O/c1-2-16(22)24-18(13-8-6-12(21)10-15(13)20)14-7-5-11-4-3-9-23-17(11)19(14)25/h3-10,18,25H,2H2,1H3,(H2,22,24). The third kappa shape index (κ3) is 3.42. The van der Waals surface area contributed by atoms with Crippen LogP contribution in [-0.4, -0.2) is 15.9 Å². The molecule has 0 radical (unpaired) electrons. The number of phenols is 1. The van der Waals surface area contributed by atoms with Gasteiger partial charge in [-0.05, 0) is 18.2 Å². The molecule has 0 aliphatic rings. The van der Waals surface area contributed by atoms with E-state index in [1.165, 1.54) is 12.1 Å². The van der Waals surface area contributed by atoms with Crippen LogP contribution >= 0.6 is 11.6 Å². The molecule has 1 heterocycles. The Kier molecular flexibility index (Phi) is 4.86. The van der Waals surface area contributed by atoms with Crippen molar-refractivity contribution in [2.75, 3.05) is 0 Å². The number of rotatable bonds is 4. The number of phenolic OH excluding ortho intramolecular Hbond substituents is 1. The summed E-state index contributed by atoms with van der Waals surface area (Å²) in [6.07, 6.45) is 2.15. The molecule has 3 rings (SSSR count). The number of pyridine rings is 1. The molecule has 3 N–H and O–H groups in total. The molecule has 2 aromatic carbocycles. The molecule has 0 amide bonds. The highest BCUT2D eigenvalue weighted by atomic mass is 35.5. The topological polar surface area (TPSA) is 71.5 Å². The van der Waals surface area contributed by atoms with Gasteiger partial charge in [-0.15, -0.1) is 0 Å². The Hall–Kier alpha value is -2.66. The van der Waals surface area contributed by atoms with Gasteiger partial charge in [0.1, 0.15) is 23.1 Å². The quantitative estimate of drug-likeness (QED) is 0.530. The SMILES string of the molecule is CCC(N)=NC(c1ccc(F)cc1Cl)c1ccc2cccnc2c1O. The van der Waals surface area contributed by atoms with E-state index in [-0.39, 0.29) is 10.8 Å². The van der Waals surface area contributed by atoms with Crippen LogP contribution in [0, 0.1) is 5.82 Å². The van der Waals surface area contributed by atoms with Crippen LogP contribution in [0.15, 0.2) is 53.7 Å². The number of nitrogens with zero attached hydrogens (tertiary/aromatic N) is 2. The van der Waals surface area contributed by atoms with Crippen LogP contribution in [0.1, 0.15) is 30.5 Å². The molecule has 1 unspecified atom stereocenters. The number of halogens is 2. The largest absolute Gasteiger partial charge is 0.505 e. The summed E-state index contributed by atoms with van der Waals surface area (Å²) in [6, 6.07) is 10.7. The van der Waals surface area contributed by atoms with Crippen LogP contribution in [-0.2, 0) is 0 Å². The summed E-state index contributed by atoms with van der Waals surface area (Å²) in [5.41, 5.74) is 7.46. The number of aromatic nitrogens is 1. The van der Waals surface area contributed by atoms with Gasteiger partial charge in [0.05, 0.1) is 5.84 Å². The number of nitrogens with two attached hydrogens (primary N) is 1.